The van der Waals surface area contributed by atoms with Crippen LogP contribution in [-0.2, 0) is 30.8 Å². The Bertz CT molecular complexity index is 1300. The molecule has 0 bridgehead atoms. The highest BCUT2D eigenvalue weighted by Gasteiger charge is 2.28. The van der Waals surface area contributed by atoms with Gasteiger partial charge in [0.25, 0.3) is 12.7 Å². The van der Waals surface area contributed by atoms with E-state index in [0.29, 0.717) is 13.1 Å². The Labute approximate surface area is 225 Å². The third kappa shape index (κ3) is 7.02. The van der Waals surface area contributed by atoms with E-state index in [0.717, 1.165) is 23.7 Å². The number of amides is 1. The Morgan fingerprint density at radius 2 is 1.95 bits per heavy atom. The van der Waals surface area contributed by atoms with Crippen LogP contribution in [0.2, 0.25) is 5.02 Å². The van der Waals surface area contributed by atoms with Crippen LogP contribution in [0.5, 0.6) is 0 Å². The summed E-state index contributed by atoms with van der Waals surface area (Å²) in [6.45, 7) is 4.79. The molecule has 2 N–H and O–H groups in total. The highest BCUT2D eigenvalue weighted by molar-refractivity contribution is 7.89. The van der Waals surface area contributed by atoms with Gasteiger partial charge >= 0.3 is 5.97 Å². The van der Waals surface area contributed by atoms with Gasteiger partial charge in [0.1, 0.15) is 11.4 Å². The minimum Gasteiger partial charge on any atom is -0.569 e. The Hall–Kier alpha value is -3.62. The number of hydrazine groups is 2. The molecule has 206 valence electrons. The number of hydrogen-bond acceptors (Lipinski definition) is 9. The molecule has 0 fully saturated rings. The molecule has 13 nitrogen and oxygen atoms in total. The highest BCUT2D eigenvalue weighted by Crippen LogP contribution is 2.30. The predicted molar refractivity (Wildman–Crippen MR) is 137 cm³/mol. The maximum absolute atomic E-state index is 13.0. The summed E-state index contributed by atoms with van der Waals surface area (Å²) in [5.74, 6) is -1.52. The monoisotopic (exact) mass is 568 g/mol. The van der Waals surface area contributed by atoms with Crippen molar-refractivity contribution in [1.82, 2.24) is 15.2 Å². The number of ether oxygens (including phenoxy) is 1. The van der Waals surface area contributed by atoms with Crippen LogP contribution in [0.3, 0.4) is 0 Å². The van der Waals surface area contributed by atoms with E-state index in [1.54, 1.807) is 18.9 Å². The van der Waals surface area contributed by atoms with Gasteiger partial charge in [-0.2, -0.15) is 4.72 Å². The molecule has 1 aliphatic rings. The fraction of sp³-hybridized carbons (Fsp3) is 0.391. The molecule has 15 heteroatoms. The van der Waals surface area contributed by atoms with Crippen molar-refractivity contribution in [2.75, 3.05) is 31.4 Å². The zero-order valence-electron chi connectivity index (χ0n) is 21.1. The first kappa shape index (κ1) is 28.9. The van der Waals surface area contributed by atoms with Crippen molar-refractivity contribution < 1.29 is 32.6 Å². The molecule has 1 amide bonds. The van der Waals surface area contributed by atoms with Crippen LogP contribution in [-0.4, -0.2) is 62.7 Å². The third-order valence-corrected chi connectivity index (χ3v) is 7.57. The summed E-state index contributed by atoms with van der Waals surface area (Å²) in [6, 6.07) is 11.5. The molecule has 2 aromatic rings. The molecule has 0 saturated carbocycles. The second kappa shape index (κ2) is 12.8. The van der Waals surface area contributed by atoms with Crippen molar-refractivity contribution in [1.29, 1.82) is 0 Å². The number of esters is 1. The molecule has 0 aliphatic carbocycles. The maximum atomic E-state index is 13.0. The molecule has 2 aromatic carbocycles. The fourth-order valence-electron chi connectivity index (χ4n) is 3.73. The second-order valence-electron chi connectivity index (χ2n) is 8.20. The average molecular weight is 569 g/mol. The molecule has 0 saturated heterocycles. The number of carbonyl (C=O) groups excluding carboxylic acids is 2. The minimum absolute atomic E-state index is 0.00486. The summed E-state index contributed by atoms with van der Waals surface area (Å²) >= 11 is 6.09. The number of rotatable bonds is 12. The summed E-state index contributed by atoms with van der Waals surface area (Å²) in [4.78, 5) is 29.3. The topological polar surface area (TPSA) is 156 Å². The van der Waals surface area contributed by atoms with E-state index in [-0.39, 0.29) is 26.5 Å². The number of sulfonamides is 1. The van der Waals surface area contributed by atoms with Crippen LogP contribution in [0.15, 0.2) is 52.6 Å². The van der Waals surface area contributed by atoms with Gasteiger partial charge in [-0.3, -0.25) is 20.0 Å². The van der Waals surface area contributed by atoms with Gasteiger partial charge in [0.05, 0.1) is 34.8 Å². The van der Waals surface area contributed by atoms with E-state index < -0.39 is 35.2 Å². The Balaban J connectivity index is 1.59. The lowest BCUT2D eigenvalue weighted by Crippen LogP contribution is -2.45. The van der Waals surface area contributed by atoms with Crippen molar-refractivity contribution in [3.63, 3.8) is 0 Å². The van der Waals surface area contributed by atoms with Gasteiger partial charge < -0.3 is 14.8 Å². The van der Waals surface area contributed by atoms with E-state index in [1.807, 2.05) is 31.2 Å². The van der Waals surface area contributed by atoms with E-state index in [4.69, 9.17) is 16.3 Å². The van der Waals surface area contributed by atoms with Crippen LogP contribution in [0.4, 0.5) is 5.69 Å². The molecule has 0 spiro atoms. The Morgan fingerprint density at radius 1 is 1.24 bits per heavy atom. The van der Waals surface area contributed by atoms with Crippen LogP contribution in [0, 0.1) is 5.21 Å². The minimum atomic E-state index is -4.30. The standard InChI is InChI=1S/C23H29ClN6O7S/c1-4-28(5-2)30(33)27-37-15-36-22(31)14-25-38(34,35)21-13-18(10-11-19(21)24)23(32)26-29-16(3)12-17-8-6-7-9-20(17)29/h6-11,13,16,25H,4-5,12,14-15H2,1-3H3,(H,26,32)/b30-27+. The van der Waals surface area contributed by atoms with E-state index in [1.165, 1.54) is 17.1 Å². The summed E-state index contributed by atoms with van der Waals surface area (Å²) in [7, 11) is -4.30. The number of benzene rings is 2. The van der Waals surface area contributed by atoms with Gasteiger partial charge in [-0.15, -0.1) is 5.01 Å². The summed E-state index contributed by atoms with van der Waals surface area (Å²) in [5.41, 5.74) is 4.82. The van der Waals surface area contributed by atoms with Crippen molar-refractivity contribution in [2.24, 2.45) is 5.28 Å². The van der Waals surface area contributed by atoms with Gasteiger partial charge in [0.2, 0.25) is 15.3 Å². The third-order valence-electron chi connectivity index (χ3n) is 5.69. The zero-order chi connectivity index (χ0) is 27.9. The first-order valence-corrected chi connectivity index (χ1v) is 13.6. The Morgan fingerprint density at radius 3 is 2.66 bits per heavy atom. The van der Waals surface area contributed by atoms with Gasteiger partial charge in [-0.25, -0.2) is 8.42 Å². The van der Waals surface area contributed by atoms with Crippen molar-refractivity contribution in [2.45, 2.75) is 38.1 Å². The lowest BCUT2D eigenvalue weighted by Gasteiger charge is -2.25. The molecule has 0 radical (unpaired) electrons. The smallest absolute Gasteiger partial charge is 0.323 e. The predicted octanol–water partition coefficient (Wildman–Crippen LogP) is 2.37. The van der Waals surface area contributed by atoms with Crippen LogP contribution < -0.4 is 15.2 Å². The molecule has 38 heavy (non-hydrogen) atoms. The number of fused-ring (bicyclic) bond motifs is 1. The van der Waals surface area contributed by atoms with Crippen molar-refractivity contribution >= 4 is 39.2 Å². The lowest BCUT2D eigenvalue weighted by molar-refractivity contribution is -0.710. The van der Waals surface area contributed by atoms with Crippen LogP contribution >= 0.6 is 11.6 Å². The number of nitrogens with one attached hydrogen (secondary N) is 2. The molecule has 1 aliphatic heterocycles. The van der Waals surface area contributed by atoms with Gasteiger partial charge in [0, 0.05) is 5.56 Å². The fourth-order valence-corrected chi connectivity index (χ4v) is 5.22. The molecular weight excluding hydrogens is 540 g/mol. The first-order chi connectivity index (χ1) is 18.1. The number of halogens is 1. The largest absolute Gasteiger partial charge is 0.569 e. The lowest BCUT2D eigenvalue weighted by atomic mass is 10.1. The highest BCUT2D eigenvalue weighted by atomic mass is 35.5. The molecule has 1 unspecified atom stereocenters. The molecule has 1 atom stereocenters. The van der Waals surface area contributed by atoms with Crippen LogP contribution in [0.1, 0.15) is 36.7 Å². The number of carbonyl (C=O) groups is 2. The van der Waals surface area contributed by atoms with Crippen molar-refractivity contribution in [3.05, 3.63) is 63.8 Å². The number of hydrogen-bond donors (Lipinski definition) is 2. The quantitative estimate of drug-likeness (QED) is 0.0979. The Kier molecular flexibility index (Phi) is 9.72. The SMILES string of the molecule is CCN(CC)/[N+]([O-])=N\OCOC(=O)CNS(=O)(=O)c1cc(C(=O)NN2c3ccccc3CC2C)ccc1Cl. The normalized spacial score (nSPS) is 15.1. The van der Waals surface area contributed by atoms with E-state index >= 15 is 0 Å². The van der Waals surface area contributed by atoms with Crippen molar-refractivity contribution in [3.8, 4) is 0 Å². The van der Waals surface area contributed by atoms with E-state index in [2.05, 4.69) is 20.3 Å². The van der Waals surface area contributed by atoms with Gasteiger partial charge in [-0.1, -0.05) is 29.8 Å². The second-order valence-corrected chi connectivity index (χ2v) is 10.3. The number of nitrogens with zero attached hydrogens (tertiary/aromatic N) is 4. The molecule has 0 aromatic heterocycles. The number of para-hydroxylation sites is 1. The maximum Gasteiger partial charge on any atom is 0.323 e. The summed E-state index contributed by atoms with van der Waals surface area (Å²) in [6.07, 6.45) is 0.751. The summed E-state index contributed by atoms with van der Waals surface area (Å²) in [5, 5.41) is 17.7. The van der Waals surface area contributed by atoms with E-state index in [9.17, 15) is 23.2 Å². The number of anilines is 1. The molecule has 1 heterocycles. The van der Waals surface area contributed by atoms with Gasteiger partial charge in [0.15, 0.2) is 0 Å². The first-order valence-electron chi connectivity index (χ1n) is 11.7. The molecular formula is C23H29ClN6O7S. The zero-order valence-corrected chi connectivity index (χ0v) is 22.7. The van der Waals surface area contributed by atoms with Gasteiger partial charge in [-0.05, 0) is 57.0 Å². The van der Waals surface area contributed by atoms with Crippen LogP contribution in [0.25, 0.3) is 0 Å². The molecule has 3 rings (SSSR count). The summed E-state index contributed by atoms with van der Waals surface area (Å²) < 4.78 is 32.4. The average Bonchev–Trinajstić information content (AvgIpc) is 3.21.